The molecule has 10 aromatic rings. The summed E-state index contributed by atoms with van der Waals surface area (Å²) in [6.07, 6.45) is 6.37. The van der Waals surface area contributed by atoms with Crippen molar-refractivity contribution in [2.45, 2.75) is 22.1 Å². The van der Waals surface area contributed by atoms with Crippen molar-refractivity contribution in [3.05, 3.63) is 233 Å². The van der Waals surface area contributed by atoms with Gasteiger partial charge in [0.1, 0.15) is 0 Å². The first kappa shape index (κ1) is 37.1. The van der Waals surface area contributed by atoms with Gasteiger partial charge in [-0.15, -0.1) is 0 Å². The molecule has 2 aliphatic rings. The molecule has 0 fully saturated rings. The monoisotopic (exact) mass is 821 g/mol. The summed E-state index contributed by atoms with van der Waals surface area (Å²) in [6.45, 7) is 6.67. The fraction of sp³-hybridized carbons (Fsp3) is 0.0339. The summed E-state index contributed by atoms with van der Waals surface area (Å²) >= 11 is 1.87. The minimum Gasteiger partial charge on any atom is -0.248 e. The van der Waals surface area contributed by atoms with E-state index < -0.39 is 5.41 Å². The van der Waals surface area contributed by atoms with Crippen molar-refractivity contribution in [3.63, 3.8) is 0 Å². The maximum absolute atomic E-state index is 5.29. The number of fused-ring (bicyclic) bond motifs is 12. The molecule has 8 aromatic carbocycles. The first-order valence-electron chi connectivity index (χ1n) is 21.4. The minimum atomic E-state index is -0.469. The Kier molecular flexibility index (Phi) is 8.70. The summed E-state index contributed by atoms with van der Waals surface area (Å²) in [5.74, 6) is 0.723. The number of pyridine rings is 1. The standard InChI is InChI=1S/C59H39N3S/c1-3-4-18-43-37(2)60-57(41-33-29-39(30-34-41)38-27-31-40(32-28-38)56-45-20-9-13-24-51(45)61-58(62-56)42-16-6-5-7-17-42)46-35-36-50-55(54(43)46)44-19-8-10-21-47(44)59(50)48-22-11-14-25-52(48)63-53-26-15-12-23-49(53)59/h3-36H,2H2,1H3/b4-3-,43-18+. The summed E-state index contributed by atoms with van der Waals surface area (Å²) < 4.78 is 0. The highest BCUT2D eigenvalue weighted by atomic mass is 32.2. The van der Waals surface area contributed by atoms with Crippen molar-refractivity contribution in [1.82, 2.24) is 15.0 Å². The third-order valence-corrected chi connectivity index (χ3v) is 14.0. The Labute approximate surface area is 370 Å². The molecule has 3 heterocycles. The maximum atomic E-state index is 5.29. The van der Waals surface area contributed by atoms with Gasteiger partial charge < -0.3 is 0 Å². The van der Waals surface area contributed by atoms with E-state index in [1.807, 2.05) is 42.1 Å². The van der Waals surface area contributed by atoms with Gasteiger partial charge in [0.25, 0.3) is 0 Å². The molecule has 63 heavy (non-hydrogen) atoms. The summed E-state index contributed by atoms with van der Waals surface area (Å²) in [4.78, 5) is 17.9. The lowest BCUT2D eigenvalue weighted by Gasteiger charge is -2.39. The zero-order valence-corrected chi connectivity index (χ0v) is 35.4. The molecule has 0 amide bonds. The van der Waals surface area contributed by atoms with Crippen LogP contribution in [0.15, 0.2) is 210 Å². The molecule has 0 saturated heterocycles. The van der Waals surface area contributed by atoms with E-state index in [1.165, 1.54) is 48.6 Å². The molecule has 12 rings (SSSR count). The van der Waals surface area contributed by atoms with Crippen molar-refractivity contribution in [2.24, 2.45) is 0 Å². The number of benzene rings is 8. The molecule has 0 saturated carbocycles. The largest absolute Gasteiger partial charge is 0.248 e. The lowest BCUT2D eigenvalue weighted by Crippen LogP contribution is -2.32. The Morgan fingerprint density at radius 3 is 1.73 bits per heavy atom. The molecule has 4 heteroatoms. The second-order valence-corrected chi connectivity index (χ2v) is 17.3. The van der Waals surface area contributed by atoms with Crippen LogP contribution in [0.4, 0.5) is 0 Å². The van der Waals surface area contributed by atoms with Gasteiger partial charge >= 0.3 is 0 Å². The first-order valence-corrected chi connectivity index (χ1v) is 22.2. The minimum absolute atomic E-state index is 0.469. The predicted octanol–water partition coefficient (Wildman–Crippen LogP) is 13.4. The average molecular weight is 822 g/mol. The molecule has 1 aliphatic carbocycles. The van der Waals surface area contributed by atoms with E-state index in [2.05, 4.69) is 189 Å². The van der Waals surface area contributed by atoms with Crippen molar-refractivity contribution >= 4 is 46.1 Å². The quantitative estimate of drug-likeness (QED) is 0.173. The summed E-state index contributed by atoms with van der Waals surface area (Å²) in [5.41, 5.74) is 15.5. The van der Waals surface area contributed by atoms with Gasteiger partial charge in [-0.05, 0) is 69.6 Å². The summed E-state index contributed by atoms with van der Waals surface area (Å²) in [5, 5.41) is 5.14. The average Bonchev–Trinajstić information content (AvgIpc) is 3.64. The van der Waals surface area contributed by atoms with Gasteiger partial charge in [0, 0.05) is 47.9 Å². The second kappa shape index (κ2) is 14.8. The molecular weight excluding hydrogens is 783 g/mol. The smallest absolute Gasteiger partial charge is 0.160 e. The topological polar surface area (TPSA) is 38.7 Å². The number of para-hydroxylation sites is 1. The van der Waals surface area contributed by atoms with Gasteiger partial charge in [-0.25, -0.2) is 15.0 Å². The van der Waals surface area contributed by atoms with Gasteiger partial charge in [0.15, 0.2) is 5.82 Å². The molecule has 1 spiro atoms. The van der Waals surface area contributed by atoms with E-state index in [1.54, 1.807) is 0 Å². The molecule has 296 valence electrons. The molecular formula is C59H39N3S. The molecule has 2 aromatic heterocycles. The first-order chi connectivity index (χ1) is 31.1. The van der Waals surface area contributed by atoms with Crippen LogP contribution < -0.4 is 10.6 Å². The predicted molar refractivity (Wildman–Crippen MR) is 262 cm³/mol. The van der Waals surface area contributed by atoms with Gasteiger partial charge in [-0.1, -0.05) is 206 Å². The Bertz CT molecular complexity index is 3570. The Balaban J connectivity index is 0.995. The zero-order valence-electron chi connectivity index (χ0n) is 34.6. The second-order valence-electron chi connectivity index (χ2n) is 16.2. The lowest BCUT2D eigenvalue weighted by molar-refractivity contribution is 0.723. The van der Waals surface area contributed by atoms with E-state index in [4.69, 9.17) is 15.0 Å². The lowest BCUT2D eigenvalue weighted by atomic mass is 9.67. The van der Waals surface area contributed by atoms with Crippen molar-refractivity contribution in [1.29, 1.82) is 0 Å². The molecule has 0 N–H and O–H groups in total. The molecule has 0 atom stereocenters. The number of hydrogen-bond acceptors (Lipinski definition) is 4. The molecule has 0 bridgehead atoms. The Morgan fingerprint density at radius 2 is 1.05 bits per heavy atom. The SMILES string of the molecule is C=c1nc(-c2ccc(-c3ccc(-c4nc(-c5ccccc5)nc5ccccc45)cc3)cc2)c2ccc3c(c2/c1=C/C=C\C)-c1ccccc1C31c2ccccc2Sc2ccccc21. The molecule has 0 radical (unpaired) electrons. The van der Waals surface area contributed by atoms with E-state index in [0.717, 1.165) is 71.9 Å². The van der Waals surface area contributed by atoms with Crippen LogP contribution in [0.1, 0.15) is 29.2 Å². The highest BCUT2D eigenvalue weighted by Gasteiger charge is 2.50. The summed E-state index contributed by atoms with van der Waals surface area (Å²) in [7, 11) is 0. The van der Waals surface area contributed by atoms with Crippen molar-refractivity contribution in [2.75, 3.05) is 0 Å². The fourth-order valence-corrected chi connectivity index (χ4v) is 11.3. The van der Waals surface area contributed by atoms with Crippen LogP contribution in [-0.4, -0.2) is 15.0 Å². The van der Waals surface area contributed by atoms with Crippen molar-refractivity contribution in [3.8, 4) is 56.2 Å². The number of aromatic nitrogens is 3. The van der Waals surface area contributed by atoms with Gasteiger partial charge in [0.2, 0.25) is 0 Å². The van der Waals surface area contributed by atoms with E-state index in [0.29, 0.717) is 0 Å². The molecule has 0 unspecified atom stereocenters. The third-order valence-electron chi connectivity index (χ3n) is 12.8. The fourth-order valence-electron chi connectivity index (χ4n) is 10.1. The van der Waals surface area contributed by atoms with Gasteiger partial charge in [-0.3, -0.25) is 0 Å². The molecule has 1 aliphatic heterocycles. The van der Waals surface area contributed by atoms with Gasteiger partial charge in [-0.2, -0.15) is 0 Å². The van der Waals surface area contributed by atoms with E-state index >= 15 is 0 Å². The highest BCUT2D eigenvalue weighted by Crippen LogP contribution is 2.63. The van der Waals surface area contributed by atoms with E-state index in [-0.39, 0.29) is 0 Å². The number of hydrogen-bond donors (Lipinski definition) is 0. The van der Waals surface area contributed by atoms with Gasteiger partial charge in [0.05, 0.1) is 27.7 Å². The van der Waals surface area contributed by atoms with Crippen molar-refractivity contribution < 1.29 is 0 Å². The summed E-state index contributed by atoms with van der Waals surface area (Å²) in [6, 6.07) is 67.6. The van der Waals surface area contributed by atoms with E-state index in [9.17, 15) is 0 Å². The number of nitrogens with zero attached hydrogens (tertiary/aromatic N) is 3. The third kappa shape index (κ3) is 5.72. The van der Waals surface area contributed by atoms with Crippen LogP contribution in [-0.2, 0) is 5.41 Å². The van der Waals surface area contributed by atoms with Crippen LogP contribution in [0.2, 0.25) is 0 Å². The Morgan fingerprint density at radius 1 is 0.476 bits per heavy atom. The molecule has 3 nitrogen and oxygen atoms in total. The Hall–Kier alpha value is -7.66. The van der Waals surface area contributed by atoms with Crippen LogP contribution in [0.25, 0.3) is 90.5 Å². The maximum Gasteiger partial charge on any atom is 0.160 e. The number of allylic oxidation sites excluding steroid dienone is 2. The zero-order chi connectivity index (χ0) is 42.1. The normalized spacial score (nSPS) is 13.6. The van der Waals surface area contributed by atoms with Crippen LogP contribution >= 0.6 is 11.8 Å². The van der Waals surface area contributed by atoms with Crippen LogP contribution in [0.5, 0.6) is 0 Å². The van der Waals surface area contributed by atoms with Crippen LogP contribution in [0.3, 0.4) is 0 Å². The highest BCUT2D eigenvalue weighted by molar-refractivity contribution is 7.99. The van der Waals surface area contributed by atoms with Crippen LogP contribution in [0, 0.1) is 0 Å². The number of rotatable bonds is 5.